The standard InChI is InChI=1S/C42H40B5N/c1-40(2,3)24-20-25(41(4,5)6)22-26(21-24)48-29-17-13-16-28(32-35(43)37(45)39(47)38(46)36(32)44)31(29)33-30(48)19-18-27(34(33)42(7,8)9)23-14-11-10-12-15-23/h10-22H,1-9H3. The Morgan fingerprint density at radius 3 is 1.50 bits per heavy atom. The fourth-order valence-corrected chi connectivity index (χ4v) is 7.02. The molecule has 0 unspecified atom stereocenters. The van der Waals surface area contributed by atoms with Crippen molar-refractivity contribution in [2.75, 3.05) is 0 Å². The molecule has 0 fully saturated rings. The van der Waals surface area contributed by atoms with Crippen molar-refractivity contribution in [3.05, 3.63) is 95.6 Å². The minimum Gasteiger partial charge on any atom is -0.309 e. The van der Waals surface area contributed by atoms with Crippen LogP contribution in [0.1, 0.15) is 79.0 Å². The number of hydrogen-bond acceptors (Lipinski definition) is 0. The van der Waals surface area contributed by atoms with Crippen LogP contribution in [0.4, 0.5) is 0 Å². The average molecular weight is 613 g/mol. The lowest BCUT2D eigenvalue weighted by molar-refractivity contribution is 0.568. The van der Waals surface area contributed by atoms with Crippen LogP contribution in [0.25, 0.3) is 49.7 Å². The van der Waals surface area contributed by atoms with Crippen LogP contribution in [-0.4, -0.2) is 43.8 Å². The van der Waals surface area contributed by atoms with Crippen LogP contribution in [0, 0.1) is 0 Å². The molecule has 6 heteroatoms. The molecule has 5 aromatic carbocycles. The molecule has 0 saturated heterocycles. The van der Waals surface area contributed by atoms with Gasteiger partial charge < -0.3 is 4.57 Å². The SMILES string of the molecule is [B]c1c([B])c([B])c(-c2cccc3c2c2c(C(C)(C)C)c(-c4ccccc4)ccc2n3-c2cc(C(C)(C)C)cc(C(C)(C)C)c2)c([B])c1[B]. The maximum absolute atomic E-state index is 6.77. The molecule has 0 aliphatic rings. The molecule has 0 bridgehead atoms. The molecule has 0 aliphatic carbocycles. The Hall–Kier alpha value is -3.78. The summed E-state index contributed by atoms with van der Waals surface area (Å²) in [5.41, 5.74) is 11.8. The van der Waals surface area contributed by atoms with E-state index in [1.165, 1.54) is 22.3 Å². The molecule has 0 saturated carbocycles. The van der Waals surface area contributed by atoms with E-state index in [1.807, 2.05) is 0 Å². The van der Waals surface area contributed by atoms with Crippen molar-refractivity contribution in [2.24, 2.45) is 0 Å². The van der Waals surface area contributed by atoms with Crippen LogP contribution < -0.4 is 27.3 Å². The summed E-state index contributed by atoms with van der Waals surface area (Å²) in [7, 11) is 32.7. The molecule has 0 atom stereocenters. The van der Waals surface area contributed by atoms with Gasteiger partial charge in [-0.2, -0.15) is 0 Å². The topological polar surface area (TPSA) is 4.93 Å². The van der Waals surface area contributed by atoms with Crippen molar-refractivity contribution in [3.8, 4) is 27.9 Å². The Balaban J connectivity index is 1.90. The van der Waals surface area contributed by atoms with E-state index in [4.69, 9.17) is 39.2 Å². The lowest BCUT2D eigenvalue weighted by Crippen LogP contribution is -2.55. The molecule has 6 aromatic rings. The van der Waals surface area contributed by atoms with Crippen LogP contribution in [-0.2, 0) is 16.2 Å². The largest absolute Gasteiger partial charge is 0.309 e. The predicted molar refractivity (Wildman–Crippen MR) is 215 cm³/mol. The molecule has 48 heavy (non-hydrogen) atoms. The Labute approximate surface area is 294 Å². The highest BCUT2D eigenvalue weighted by molar-refractivity contribution is 6.69. The van der Waals surface area contributed by atoms with Crippen LogP contribution in [0.15, 0.2) is 78.9 Å². The van der Waals surface area contributed by atoms with E-state index in [2.05, 4.69) is 146 Å². The van der Waals surface area contributed by atoms with Gasteiger partial charge in [-0.1, -0.05) is 128 Å². The number of nitrogens with zero attached hydrogens (tertiary/aromatic N) is 1. The number of fused-ring (bicyclic) bond motifs is 3. The molecule has 1 aromatic heterocycles. The van der Waals surface area contributed by atoms with Gasteiger partial charge in [-0.25, -0.2) is 0 Å². The van der Waals surface area contributed by atoms with E-state index in [9.17, 15) is 0 Å². The van der Waals surface area contributed by atoms with E-state index in [0.29, 0.717) is 16.5 Å². The zero-order chi connectivity index (χ0) is 35.1. The van der Waals surface area contributed by atoms with E-state index in [0.717, 1.165) is 38.6 Å². The molecule has 6 rings (SSSR count). The zero-order valence-corrected chi connectivity index (χ0v) is 29.8. The summed E-state index contributed by atoms with van der Waals surface area (Å²) in [5, 5.41) is 2.18. The summed E-state index contributed by atoms with van der Waals surface area (Å²) in [4.78, 5) is 0. The third-order valence-electron chi connectivity index (χ3n) is 9.67. The smallest absolute Gasteiger partial charge is 0.113 e. The summed E-state index contributed by atoms with van der Waals surface area (Å²) in [5.74, 6) is 0. The highest BCUT2D eigenvalue weighted by Gasteiger charge is 2.29. The fraction of sp³-hybridized carbons (Fsp3) is 0.286. The van der Waals surface area contributed by atoms with Crippen LogP contribution in [0.5, 0.6) is 0 Å². The summed E-state index contributed by atoms with van der Waals surface area (Å²) in [6.07, 6.45) is 0. The molecular formula is C42H40B5N. The maximum atomic E-state index is 6.77. The van der Waals surface area contributed by atoms with Crippen LogP contribution >= 0.6 is 0 Å². The number of hydrogen-bond donors (Lipinski definition) is 0. The Morgan fingerprint density at radius 1 is 0.458 bits per heavy atom. The van der Waals surface area contributed by atoms with E-state index >= 15 is 0 Å². The number of benzene rings is 5. The van der Waals surface area contributed by atoms with Crippen molar-refractivity contribution in [2.45, 2.75) is 78.6 Å². The van der Waals surface area contributed by atoms with Crippen LogP contribution in [0.3, 0.4) is 0 Å². The van der Waals surface area contributed by atoms with Crippen molar-refractivity contribution >= 4 is 88.4 Å². The first kappa shape index (κ1) is 34.1. The van der Waals surface area contributed by atoms with Gasteiger partial charge in [0.1, 0.15) is 39.2 Å². The Morgan fingerprint density at radius 2 is 0.979 bits per heavy atom. The minimum atomic E-state index is -0.239. The Kier molecular flexibility index (Phi) is 8.30. The van der Waals surface area contributed by atoms with Gasteiger partial charge in [0, 0.05) is 16.5 Å². The second kappa shape index (κ2) is 11.7. The first-order valence-corrected chi connectivity index (χ1v) is 16.7. The van der Waals surface area contributed by atoms with Crippen molar-refractivity contribution in [1.29, 1.82) is 0 Å². The van der Waals surface area contributed by atoms with E-state index < -0.39 is 0 Å². The predicted octanol–water partition coefficient (Wildman–Crippen LogP) is 5.98. The van der Waals surface area contributed by atoms with Crippen molar-refractivity contribution < 1.29 is 0 Å². The van der Waals surface area contributed by atoms with E-state index in [1.54, 1.807) is 0 Å². The van der Waals surface area contributed by atoms with Gasteiger partial charge in [0.2, 0.25) is 0 Å². The van der Waals surface area contributed by atoms with Gasteiger partial charge in [0.05, 0.1) is 11.0 Å². The van der Waals surface area contributed by atoms with Gasteiger partial charge >= 0.3 is 0 Å². The zero-order valence-electron chi connectivity index (χ0n) is 29.8. The normalized spacial score (nSPS) is 12.7. The second-order valence-electron chi connectivity index (χ2n) is 16.2. The molecule has 228 valence electrons. The van der Waals surface area contributed by atoms with Gasteiger partial charge in [0.15, 0.2) is 0 Å². The first-order valence-electron chi connectivity index (χ1n) is 16.7. The molecule has 0 amide bonds. The third kappa shape index (κ3) is 5.60. The summed E-state index contributed by atoms with van der Waals surface area (Å²) < 4.78 is 2.40. The summed E-state index contributed by atoms with van der Waals surface area (Å²) in [6, 6.07) is 28.5. The molecule has 0 aliphatic heterocycles. The molecule has 1 nitrogen and oxygen atoms in total. The monoisotopic (exact) mass is 613 g/mol. The van der Waals surface area contributed by atoms with Gasteiger partial charge in [0.25, 0.3) is 0 Å². The summed E-state index contributed by atoms with van der Waals surface area (Å²) >= 11 is 0. The quantitative estimate of drug-likeness (QED) is 0.217. The summed E-state index contributed by atoms with van der Waals surface area (Å²) in [6.45, 7) is 20.5. The van der Waals surface area contributed by atoms with Gasteiger partial charge in [-0.3, -0.25) is 0 Å². The fourth-order valence-electron chi connectivity index (χ4n) is 7.02. The molecule has 0 N–H and O–H groups in total. The third-order valence-corrected chi connectivity index (χ3v) is 9.67. The number of aromatic nitrogens is 1. The second-order valence-corrected chi connectivity index (χ2v) is 16.2. The number of rotatable bonds is 3. The molecule has 0 spiro atoms. The molecule has 10 radical (unpaired) electrons. The van der Waals surface area contributed by atoms with Gasteiger partial charge in [-0.05, 0) is 79.5 Å². The highest BCUT2D eigenvalue weighted by Crippen LogP contribution is 2.46. The van der Waals surface area contributed by atoms with Gasteiger partial charge in [-0.15, -0.1) is 16.4 Å². The average Bonchev–Trinajstić information content (AvgIpc) is 3.36. The van der Waals surface area contributed by atoms with Crippen LogP contribution in [0.2, 0.25) is 0 Å². The molecule has 1 heterocycles. The molecular weight excluding hydrogens is 573 g/mol. The lowest BCUT2D eigenvalue weighted by Gasteiger charge is -2.27. The van der Waals surface area contributed by atoms with Crippen molar-refractivity contribution in [3.63, 3.8) is 0 Å². The maximum Gasteiger partial charge on any atom is 0.113 e. The van der Waals surface area contributed by atoms with E-state index in [-0.39, 0.29) is 32.6 Å². The lowest BCUT2D eigenvalue weighted by atomic mass is 9.59. The first-order chi connectivity index (χ1) is 22.3. The Bertz CT molecular complexity index is 2160. The highest BCUT2D eigenvalue weighted by atomic mass is 15.0. The van der Waals surface area contributed by atoms with Crippen molar-refractivity contribution in [1.82, 2.24) is 4.57 Å². The minimum absolute atomic E-state index is 0.0566.